The van der Waals surface area contributed by atoms with E-state index in [-0.39, 0.29) is 5.92 Å². The molecule has 1 aromatic rings. The third-order valence-electron chi connectivity index (χ3n) is 6.90. The number of hydrogen-bond donors (Lipinski definition) is 0. The maximum absolute atomic E-state index is 12.9. The van der Waals surface area contributed by atoms with Gasteiger partial charge in [-0.1, -0.05) is 13.8 Å². The summed E-state index contributed by atoms with van der Waals surface area (Å²) in [7, 11) is 0. The summed E-state index contributed by atoms with van der Waals surface area (Å²) < 4.78 is 0. The van der Waals surface area contributed by atoms with Gasteiger partial charge in [0.15, 0.2) is 0 Å². The average Bonchev–Trinajstić information content (AvgIpc) is 2.79. The Morgan fingerprint density at radius 2 is 1.66 bits per heavy atom. The number of likely N-dealkylation sites (tertiary alicyclic amines) is 1. The molecule has 0 aromatic carbocycles. The molecule has 1 aromatic heterocycles. The van der Waals surface area contributed by atoms with Crippen molar-refractivity contribution in [2.45, 2.75) is 39.5 Å². The van der Waals surface area contributed by atoms with Crippen molar-refractivity contribution in [3.05, 3.63) is 12.4 Å². The van der Waals surface area contributed by atoms with Crippen LogP contribution in [0, 0.1) is 11.8 Å². The number of nitrogens with zero attached hydrogens (tertiary/aromatic N) is 6. The quantitative estimate of drug-likeness (QED) is 0.771. The van der Waals surface area contributed by atoms with Gasteiger partial charge in [0.05, 0.1) is 18.1 Å². The van der Waals surface area contributed by atoms with Gasteiger partial charge in [-0.15, -0.1) is 0 Å². The van der Waals surface area contributed by atoms with Crippen molar-refractivity contribution in [1.82, 2.24) is 19.8 Å². The van der Waals surface area contributed by atoms with Crippen molar-refractivity contribution < 1.29 is 4.79 Å². The molecule has 3 aliphatic rings. The zero-order chi connectivity index (χ0) is 20.2. The molecule has 3 saturated heterocycles. The zero-order valence-corrected chi connectivity index (χ0v) is 18.1. The molecule has 1 atom stereocenters. The Balaban J connectivity index is 1.28. The molecule has 1 unspecified atom stereocenters. The number of aromatic nitrogens is 2. The molecule has 0 bridgehead atoms. The van der Waals surface area contributed by atoms with E-state index < -0.39 is 0 Å². The van der Waals surface area contributed by atoms with Gasteiger partial charge in [-0.05, 0) is 38.1 Å². The summed E-state index contributed by atoms with van der Waals surface area (Å²) in [6.45, 7) is 13.5. The highest BCUT2D eigenvalue weighted by molar-refractivity contribution is 5.79. The largest absolute Gasteiger partial charge is 0.369 e. The Hall–Kier alpha value is -1.89. The number of carbonyl (C=O) groups excluding carboxylic acids is 1. The lowest BCUT2D eigenvalue weighted by atomic mass is 9.92. The van der Waals surface area contributed by atoms with E-state index in [2.05, 4.69) is 43.4 Å². The van der Waals surface area contributed by atoms with Crippen molar-refractivity contribution in [1.29, 1.82) is 0 Å². The molecule has 0 spiro atoms. The molecule has 0 N–H and O–H groups in total. The first kappa shape index (κ1) is 20.4. The number of piperidine rings is 2. The molecule has 160 valence electrons. The number of amides is 1. The monoisotopic (exact) mass is 400 g/mol. The predicted molar refractivity (Wildman–Crippen MR) is 116 cm³/mol. The van der Waals surface area contributed by atoms with Crippen LogP contribution < -0.4 is 9.80 Å². The molecule has 7 heteroatoms. The second kappa shape index (κ2) is 9.28. The first-order chi connectivity index (χ1) is 14.1. The van der Waals surface area contributed by atoms with Gasteiger partial charge >= 0.3 is 0 Å². The maximum Gasteiger partial charge on any atom is 0.225 e. The first-order valence-electron chi connectivity index (χ1n) is 11.5. The third-order valence-corrected chi connectivity index (χ3v) is 6.90. The highest BCUT2D eigenvalue weighted by atomic mass is 16.2. The average molecular weight is 401 g/mol. The van der Waals surface area contributed by atoms with Gasteiger partial charge in [-0.2, -0.15) is 0 Å². The van der Waals surface area contributed by atoms with E-state index in [0.717, 1.165) is 89.8 Å². The fraction of sp³-hybridized carbons (Fsp3) is 0.773. The highest BCUT2D eigenvalue weighted by Crippen LogP contribution is 2.26. The van der Waals surface area contributed by atoms with Crippen LogP contribution in [-0.4, -0.2) is 84.6 Å². The van der Waals surface area contributed by atoms with Gasteiger partial charge in [0, 0.05) is 58.3 Å². The predicted octanol–water partition coefficient (Wildman–Crippen LogP) is 2.09. The van der Waals surface area contributed by atoms with E-state index in [9.17, 15) is 4.79 Å². The second-order valence-electron chi connectivity index (χ2n) is 8.96. The Kier molecular flexibility index (Phi) is 6.53. The lowest BCUT2D eigenvalue weighted by Gasteiger charge is -2.37. The number of hydrogen-bond acceptors (Lipinski definition) is 6. The molecule has 29 heavy (non-hydrogen) atoms. The van der Waals surface area contributed by atoms with E-state index in [1.807, 2.05) is 12.4 Å². The molecular formula is C22H36N6O. The highest BCUT2D eigenvalue weighted by Gasteiger charge is 2.30. The first-order valence-corrected chi connectivity index (χ1v) is 11.5. The van der Waals surface area contributed by atoms with Gasteiger partial charge in [0.1, 0.15) is 0 Å². The van der Waals surface area contributed by atoms with Gasteiger partial charge in [-0.3, -0.25) is 4.79 Å². The maximum atomic E-state index is 12.9. The van der Waals surface area contributed by atoms with E-state index in [0.29, 0.717) is 11.8 Å². The zero-order valence-electron chi connectivity index (χ0n) is 18.1. The van der Waals surface area contributed by atoms with E-state index in [1.165, 1.54) is 6.42 Å². The van der Waals surface area contributed by atoms with Crippen molar-refractivity contribution in [3.63, 3.8) is 0 Å². The van der Waals surface area contributed by atoms with Crippen LogP contribution >= 0.6 is 0 Å². The van der Waals surface area contributed by atoms with Gasteiger partial charge in [0.2, 0.25) is 11.9 Å². The summed E-state index contributed by atoms with van der Waals surface area (Å²) in [5, 5.41) is 0. The van der Waals surface area contributed by atoms with Gasteiger partial charge < -0.3 is 19.6 Å². The second-order valence-corrected chi connectivity index (χ2v) is 8.96. The van der Waals surface area contributed by atoms with Crippen LogP contribution in [0.5, 0.6) is 0 Å². The SMILES string of the molecule is CCN1CCN(c2ncc(N3CCC(C(=O)N4CCCC(C)C4)CC3)cn2)CC1. The minimum atomic E-state index is 0.187. The van der Waals surface area contributed by atoms with Crippen LogP contribution in [0.1, 0.15) is 39.5 Å². The van der Waals surface area contributed by atoms with Crippen LogP contribution in [0.15, 0.2) is 12.4 Å². The topological polar surface area (TPSA) is 55.8 Å². The third kappa shape index (κ3) is 4.82. The van der Waals surface area contributed by atoms with Crippen molar-refractivity contribution in [2.24, 2.45) is 11.8 Å². The normalized spacial score (nSPS) is 24.8. The number of rotatable bonds is 4. The Morgan fingerprint density at radius 1 is 0.966 bits per heavy atom. The standard InChI is InChI=1S/C22H36N6O/c1-3-25-11-13-27(14-12-25)22-23-15-20(16-24-22)26-9-6-19(7-10-26)21(29)28-8-4-5-18(2)17-28/h15-16,18-19H,3-14,17H2,1-2H3. The van der Waals surface area contributed by atoms with Crippen LogP contribution in [-0.2, 0) is 4.79 Å². The summed E-state index contributed by atoms with van der Waals surface area (Å²) in [6, 6.07) is 0. The van der Waals surface area contributed by atoms with E-state index in [1.54, 1.807) is 0 Å². The molecule has 4 heterocycles. The lowest BCUT2D eigenvalue weighted by molar-refractivity contribution is -0.137. The van der Waals surface area contributed by atoms with Crippen molar-refractivity contribution in [3.8, 4) is 0 Å². The Morgan fingerprint density at radius 3 is 2.28 bits per heavy atom. The lowest BCUT2D eigenvalue weighted by Crippen LogP contribution is -2.47. The molecule has 1 amide bonds. The molecule has 0 radical (unpaired) electrons. The minimum absolute atomic E-state index is 0.187. The molecule has 4 rings (SSSR count). The summed E-state index contributed by atoms with van der Waals surface area (Å²) in [5.74, 6) is 2.06. The smallest absolute Gasteiger partial charge is 0.225 e. The number of likely N-dealkylation sites (N-methyl/N-ethyl adjacent to an activating group) is 1. The number of piperazine rings is 1. The number of anilines is 2. The summed E-state index contributed by atoms with van der Waals surface area (Å²) in [4.78, 5) is 31.4. The summed E-state index contributed by atoms with van der Waals surface area (Å²) >= 11 is 0. The fourth-order valence-electron chi connectivity index (χ4n) is 4.94. The van der Waals surface area contributed by atoms with E-state index in [4.69, 9.17) is 0 Å². The van der Waals surface area contributed by atoms with Gasteiger partial charge in [-0.25, -0.2) is 9.97 Å². The van der Waals surface area contributed by atoms with Crippen LogP contribution in [0.4, 0.5) is 11.6 Å². The van der Waals surface area contributed by atoms with Crippen LogP contribution in [0.2, 0.25) is 0 Å². The van der Waals surface area contributed by atoms with Crippen molar-refractivity contribution in [2.75, 3.05) is 68.7 Å². The minimum Gasteiger partial charge on any atom is -0.369 e. The summed E-state index contributed by atoms with van der Waals surface area (Å²) in [5.41, 5.74) is 1.08. The van der Waals surface area contributed by atoms with Gasteiger partial charge in [0.25, 0.3) is 0 Å². The van der Waals surface area contributed by atoms with E-state index >= 15 is 0 Å². The van der Waals surface area contributed by atoms with Crippen LogP contribution in [0.25, 0.3) is 0 Å². The fourth-order valence-corrected chi connectivity index (χ4v) is 4.94. The van der Waals surface area contributed by atoms with Crippen LogP contribution in [0.3, 0.4) is 0 Å². The Labute approximate surface area is 175 Å². The molecule has 0 aliphatic carbocycles. The molecular weight excluding hydrogens is 364 g/mol. The number of carbonyl (C=O) groups is 1. The Bertz CT molecular complexity index is 664. The molecule has 0 saturated carbocycles. The molecule has 3 aliphatic heterocycles. The molecule has 7 nitrogen and oxygen atoms in total. The van der Waals surface area contributed by atoms with Crippen molar-refractivity contribution >= 4 is 17.5 Å². The molecule has 3 fully saturated rings. The summed E-state index contributed by atoms with van der Waals surface area (Å²) in [6.07, 6.45) is 8.20.